The van der Waals surface area contributed by atoms with Gasteiger partial charge in [-0.15, -0.1) is 0 Å². The summed E-state index contributed by atoms with van der Waals surface area (Å²) in [7, 11) is 0. The Morgan fingerprint density at radius 2 is 2.05 bits per heavy atom. The summed E-state index contributed by atoms with van der Waals surface area (Å²) in [6.07, 6.45) is 0.898. The molecule has 0 aromatic heterocycles. The lowest BCUT2D eigenvalue weighted by atomic mass is 10.1. The van der Waals surface area contributed by atoms with E-state index >= 15 is 0 Å². The summed E-state index contributed by atoms with van der Waals surface area (Å²) in [6.45, 7) is 0.499. The van der Waals surface area contributed by atoms with Crippen molar-refractivity contribution >= 4 is 35.1 Å². The van der Waals surface area contributed by atoms with Crippen LogP contribution in [0.1, 0.15) is 16.8 Å². The molecule has 1 aromatic rings. The molecule has 3 atom stereocenters. The van der Waals surface area contributed by atoms with Gasteiger partial charge >= 0.3 is 5.97 Å². The zero-order valence-electron chi connectivity index (χ0n) is 9.85. The smallest absolute Gasteiger partial charge is 0.326 e. The van der Waals surface area contributed by atoms with Gasteiger partial charge in [0, 0.05) is 11.6 Å². The molecule has 0 radical (unpaired) electrons. The number of hydrogen-bond acceptors (Lipinski definition) is 2. The molecule has 4 nitrogen and oxygen atoms in total. The molecule has 3 rings (SSSR count). The quantitative estimate of drug-likeness (QED) is 0.913. The van der Waals surface area contributed by atoms with Crippen LogP contribution >= 0.6 is 23.2 Å². The van der Waals surface area contributed by atoms with Crippen LogP contribution in [-0.4, -0.2) is 34.5 Å². The summed E-state index contributed by atoms with van der Waals surface area (Å²) in [6, 6.07) is 3.88. The molecule has 6 heteroatoms. The van der Waals surface area contributed by atoms with E-state index in [0.29, 0.717) is 23.0 Å². The summed E-state index contributed by atoms with van der Waals surface area (Å²) in [4.78, 5) is 25.1. The Kier molecular flexibility index (Phi) is 2.95. The number of carboxylic acid groups (broad SMARTS) is 1. The Labute approximate surface area is 119 Å². The highest BCUT2D eigenvalue weighted by Gasteiger charge is 2.57. The number of carboxylic acids is 1. The second-order valence-corrected chi connectivity index (χ2v) is 5.87. The van der Waals surface area contributed by atoms with Gasteiger partial charge in [0.1, 0.15) is 6.04 Å². The number of benzene rings is 1. The number of fused-ring (bicyclic) bond motifs is 1. The van der Waals surface area contributed by atoms with Gasteiger partial charge in [0.25, 0.3) is 5.91 Å². The minimum absolute atomic E-state index is 0.104. The number of piperidine rings is 1. The molecule has 19 heavy (non-hydrogen) atoms. The molecule has 100 valence electrons. The highest BCUT2D eigenvalue weighted by molar-refractivity contribution is 6.36. The van der Waals surface area contributed by atoms with E-state index in [4.69, 9.17) is 23.2 Å². The first kappa shape index (κ1) is 12.8. The van der Waals surface area contributed by atoms with Crippen LogP contribution in [-0.2, 0) is 4.79 Å². The van der Waals surface area contributed by atoms with Gasteiger partial charge in [-0.05, 0) is 36.5 Å². The van der Waals surface area contributed by atoms with Crippen molar-refractivity contribution in [2.45, 2.75) is 12.5 Å². The largest absolute Gasteiger partial charge is 0.480 e. The van der Waals surface area contributed by atoms with E-state index < -0.39 is 12.0 Å². The van der Waals surface area contributed by atoms with Crippen molar-refractivity contribution in [1.82, 2.24) is 4.90 Å². The summed E-state index contributed by atoms with van der Waals surface area (Å²) in [5.74, 6) is -0.839. The maximum absolute atomic E-state index is 12.4. The number of carbonyl (C=O) groups is 2. The van der Waals surface area contributed by atoms with Gasteiger partial charge in [-0.25, -0.2) is 4.79 Å². The van der Waals surface area contributed by atoms with Crippen molar-refractivity contribution in [2.24, 2.45) is 11.8 Å². The maximum Gasteiger partial charge on any atom is 0.326 e. The van der Waals surface area contributed by atoms with Crippen LogP contribution in [0.5, 0.6) is 0 Å². The van der Waals surface area contributed by atoms with Gasteiger partial charge in [0.05, 0.1) is 10.6 Å². The zero-order valence-corrected chi connectivity index (χ0v) is 11.4. The second-order valence-electron chi connectivity index (χ2n) is 5.02. The highest BCUT2D eigenvalue weighted by atomic mass is 35.5. The van der Waals surface area contributed by atoms with Gasteiger partial charge in [-0.3, -0.25) is 4.79 Å². The lowest BCUT2D eigenvalue weighted by molar-refractivity contribution is -0.142. The molecule has 1 amide bonds. The number of carbonyl (C=O) groups excluding carboxylic acids is 1. The summed E-state index contributed by atoms with van der Waals surface area (Å²) < 4.78 is 0. The van der Waals surface area contributed by atoms with E-state index in [0.717, 1.165) is 6.42 Å². The van der Waals surface area contributed by atoms with Crippen LogP contribution < -0.4 is 0 Å². The summed E-state index contributed by atoms with van der Waals surface area (Å²) in [5, 5.41) is 9.94. The third kappa shape index (κ3) is 2.09. The van der Waals surface area contributed by atoms with Crippen molar-refractivity contribution in [3.05, 3.63) is 33.8 Å². The second kappa shape index (κ2) is 4.39. The Hall–Kier alpha value is -1.26. The SMILES string of the molecule is O=C(O)[C@@H]1[C@@H]2C[C@H]2CN1C(=O)c1ccc(Cl)cc1Cl. The van der Waals surface area contributed by atoms with E-state index in [1.54, 1.807) is 6.07 Å². The zero-order chi connectivity index (χ0) is 13.7. The minimum Gasteiger partial charge on any atom is -0.480 e. The fourth-order valence-electron chi connectivity index (χ4n) is 2.81. The first-order valence-electron chi connectivity index (χ1n) is 5.98. The van der Waals surface area contributed by atoms with Crippen molar-refractivity contribution < 1.29 is 14.7 Å². The molecule has 1 N–H and O–H groups in total. The Morgan fingerprint density at radius 3 is 2.68 bits per heavy atom. The molecule has 1 heterocycles. The van der Waals surface area contributed by atoms with Crippen LogP contribution in [0.15, 0.2) is 18.2 Å². The third-order valence-electron chi connectivity index (χ3n) is 3.83. The average Bonchev–Trinajstić information content (AvgIpc) is 2.98. The fraction of sp³-hybridized carbons (Fsp3) is 0.385. The van der Waals surface area contributed by atoms with Gasteiger partial charge in [0.15, 0.2) is 0 Å². The Balaban J connectivity index is 1.89. The molecule has 0 bridgehead atoms. The number of likely N-dealkylation sites (tertiary alicyclic amines) is 1. The lowest BCUT2D eigenvalue weighted by Gasteiger charge is -2.24. The molecule has 1 saturated carbocycles. The molecule has 2 aliphatic rings. The molecule has 1 saturated heterocycles. The molecule has 0 spiro atoms. The van der Waals surface area contributed by atoms with Crippen LogP contribution in [0, 0.1) is 11.8 Å². The molecule has 1 aliphatic carbocycles. The van der Waals surface area contributed by atoms with Gasteiger partial charge < -0.3 is 10.0 Å². The summed E-state index contributed by atoms with van der Waals surface area (Å²) in [5.41, 5.74) is 0.304. The highest BCUT2D eigenvalue weighted by Crippen LogP contribution is 2.50. The number of aliphatic carboxylic acids is 1. The van der Waals surface area contributed by atoms with Crippen LogP contribution in [0.25, 0.3) is 0 Å². The average molecular weight is 300 g/mol. The van der Waals surface area contributed by atoms with Crippen LogP contribution in [0.2, 0.25) is 10.0 Å². The number of hydrogen-bond donors (Lipinski definition) is 1. The van der Waals surface area contributed by atoms with Crippen LogP contribution in [0.4, 0.5) is 0 Å². The number of amides is 1. The van der Waals surface area contributed by atoms with E-state index in [2.05, 4.69) is 0 Å². The Bertz CT molecular complexity index is 575. The molecular weight excluding hydrogens is 289 g/mol. The van der Waals surface area contributed by atoms with Gasteiger partial charge in [-0.2, -0.15) is 0 Å². The van der Waals surface area contributed by atoms with Gasteiger partial charge in [-0.1, -0.05) is 23.2 Å². The fourth-order valence-corrected chi connectivity index (χ4v) is 3.30. The van der Waals surface area contributed by atoms with E-state index in [9.17, 15) is 14.7 Å². The number of rotatable bonds is 2. The number of halogens is 2. The van der Waals surface area contributed by atoms with Gasteiger partial charge in [0.2, 0.25) is 0 Å². The molecular formula is C13H11Cl2NO3. The molecule has 1 aromatic carbocycles. The minimum atomic E-state index is -0.941. The van der Waals surface area contributed by atoms with Crippen molar-refractivity contribution in [1.29, 1.82) is 0 Å². The maximum atomic E-state index is 12.4. The third-order valence-corrected chi connectivity index (χ3v) is 4.37. The molecule has 2 fully saturated rings. The van der Waals surface area contributed by atoms with Crippen molar-refractivity contribution in [3.63, 3.8) is 0 Å². The topological polar surface area (TPSA) is 57.6 Å². The first-order valence-corrected chi connectivity index (χ1v) is 6.73. The monoisotopic (exact) mass is 299 g/mol. The van der Waals surface area contributed by atoms with E-state index in [-0.39, 0.29) is 16.8 Å². The van der Waals surface area contributed by atoms with Crippen molar-refractivity contribution in [2.75, 3.05) is 6.54 Å². The van der Waals surface area contributed by atoms with Crippen molar-refractivity contribution in [3.8, 4) is 0 Å². The van der Waals surface area contributed by atoms with E-state index in [1.165, 1.54) is 17.0 Å². The first-order chi connectivity index (χ1) is 8.99. The number of nitrogens with zero attached hydrogens (tertiary/aromatic N) is 1. The standard InChI is InChI=1S/C13H11Cl2NO3/c14-7-1-2-8(10(15)4-7)12(17)16-5-6-3-9(6)11(16)13(18)19/h1-2,4,6,9,11H,3,5H2,(H,18,19)/t6-,9+,11-/m0/s1. The predicted molar refractivity (Wildman–Crippen MR) is 70.5 cm³/mol. The lowest BCUT2D eigenvalue weighted by Crippen LogP contribution is -2.43. The summed E-state index contributed by atoms with van der Waals surface area (Å²) >= 11 is 11.8. The molecule has 1 aliphatic heterocycles. The predicted octanol–water partition coefficient (Wildman–Crippen LogP) is 2.54. The Morgan fingerprint density at radius 1 is 1.32 bits per heavy atom. The normalized spacial score (nSPS) is 28.1. The van der Waals surface area contributed by atoms with E-state index in [1.807, 2.05) is 0 Å². The molecule has 0 unspecified atom stereocenters. The van der Waals surface area contributed by atoms with Crippen LogP contribution in [0.3, 0.4) is 0 Å².